The van der Waals surface area contributed by atoms with E-state index in [0.717, 1.165) is 5.56 Å². The van der Waals surface area contributed by atoms with Crippen molar-refractivity contribution in [3.8, 4) is 17.2 Å². The highest BCUT2D eigenvalue weighted by Gasteiger charge is 2.20. The van der Waals surface area contributed by atoms with Crippen LogP contribution in [0.2, 0.25) is 5.02 Å². The SMILES string of the molecule is COc1cc2c(cc1CC(=Cc1coc3cc(C)c(Cl)cc3c1=O)C(=O)O)OCO2. The van der Waals surface area contributed by atoms with Gasteiger partial charge in [0.1, 0.15) is 17.6 Å². The lowest BCUT2D eigenvalue weighted by atomic mass is 10.0. The zero-order valence-electron chi connectivity index (χ0n) is 16.2. The summed E-state index contributed by atoms with van der Waals surface area (Å²) in [6.45, 7) is 1.89. The fourth-order valence-corrected chi connectivity index (χ4v) is 3.40. The van der Waals surface area contributed by atoms with E-state index in [-0.39, 0.29) is 35.2 Å². The first-order valence-electron chi connectivity index (χ1n) is 8.99. The largest absolute Gasteiger partial charge is 0.496 e. The Kier molecular flexibility index (Phi) is 5.13. The van der Waals surface area contributed by atoms with Crippen LogP contribution in [0, 0.1) is 6.92 Å². The van der Waals surface area contributed by atoms with Crippen LogP contribution in [0.15, 0.2) is 45.3 Å². The van der Waals surface area contributed by atoms with Crippen molar-refractivity contribution in [1.82, 2.24) is 0 Å². The van der Waals surface area contributed by atoms with Gasteiger partial charge in [0, 0.05) is 28.6 Å². The van der Waals surface area contributed by atoms with Gasteiger partial charge < -0.3 is 23.7 Å². The van der Waals surface area contributed by atoms with Crippen molar-refractivity contribution in [2.75, 3.05) is 13.9 Å². The van der Waals surface area contributed by atoms with Crippen LogP contribution >= 0.6 is 11.6 Å². The van der Waals surface area contributed by atoms with E-state index in [9.17, 15) is 14.7 Å². The summed E-state index contributed by atoms with van der Waals surface area (Å²) in [5, 5.41) is 10.4. The summed E-state index contributed by atoms with van der Waals surface area (Å²) in [4.78, 5) is 24.8. The molecule has 0 amide bonds. The minimum absolute atomic E-state index is 0.00127. The summed E-state index contributed by atoms with van der Waals surface area (Å²) in [5.41, 5.74) is 1.47. The molecule has 0 bridgehead atoms. The highest BCUT2D eigenvalue weighted by molar-refractivity contribution is 6.32. The fourth-order valence-electron chi connectivity index (χ4n) is 3.24. The van der Waals surface area contributed by atoms with Crippen molar-refractivity contribution < 1.29 is 28.5 Å². The number of halogens is 1. The van der Waals surface area contributed by atoms with Gasteiger partial charge in [-0.2, -0.15) is 0 Å². The molecule has 0 radical (unpaired) electrons. The third-order valence-corrected chi connectivity index (χ3v) is 5.25. The molecule has 8 heteroatoms. The lowest BCUT2D eigenvalue weighted by Crippen LogP contribution is -2.09. The third-order valence-electron chi connectivity index (χ3n) is 4.84. The van der Waals surface area contributed by atoms with E-state index < -0.39 is 5.97 Å². The number of benzene rings is 2. The lowest BCUT2D eigenvalue weighted by Gasteiger charge is -2.10. The molecule has 2 heterocycles. The molecule has 4 rings (SSSR count). The summed E-state index contributed by atoms with van der Waals surface area (Å²) in [6.07, 6.45) is 2.55. The van der Waals surface area contributed by atoms with Gasteiger partial charge in [-0.3, -0.25) is 4.79 Å². The van der Waals surface area contributed by atoms with Crippen LogP contribution in [0.4, 0.5) is 0 Å². The highest BCUT2D eigenvalue weighted by Crippen LogP contribution is 2.39. The maximum absolute atomic E-state index is 12.9. The summed E-state index contributed by atoms with van der Waals surface area (Å²) < 4.78 is 21.6. The molecule has 0 saturated heterocycles. The van der Waals surface area contributed by atoms with Gasteiger partial charge in [0.2, 0.25) is 6.79 Å². The first-order chi connectivity index (χ1) is 14.4. The topological polar surface area (TPSA) is 95.2 Å². The highest BCUT2D eigenvalue weighted by atomic mass is 35.5. The van der Waals surface area contributed by atoms with Crippen molar-refractivity contribution in [3.05, 3.63) is 68.0 Å². The standard InChI is InChI=1S/C22H17ClO7/c1-11-3-18-15(7-16(11)23)21(24)14(9-28-18)5-13(22(25)26)4-12-6-19-20(30-10-29-19)8-17(12)27-2/h3,5-9H,4,10H2,1-2H3,(H,25,26). The molecular formula is C22H17ClO7. The smallest absolute Gasteiger partial charge is 0.331 e. The number of carbonyl (C=O) groups is 1. The first kappa shape index (κ1) is 19.8. The number of methoxy groups -OCH3 is 1. The molecule has 1 aliphatic heterocycles. The van der Waals surface area contributed by atoms with Crippen LogP contribution < -0.4 is 19.6 Å². The van der Waals surface area contributed by atoms with Crippen molar-refractivity contribution >= 4 is 34.6 Å². The molecule has 3 aromatic rings. The summed E-state index contributed by atoms with van der Waals surface area (Å²) >= 11 is 6.13. The van der Waals surface area contributed by atoms with Gasteiger partial charge >= 0.3 is 5.97 Å². The Hall–Kier alpha value is -3.45. The maximum Gasteiger partial charge on any atom is 0.331 e. The Morgan fingerprint density at radius 2 is 1.97 bits per heavy atom. The molecule has 0 saturated carbocycles. The van der Waals surface area contributed by atoms with Crippen LogP contribution in [0.5, 0.6) is 17.2 Å². The molecule has 2 aromatic carbocycles. The Morgan fingerprint density at radius 1 is 1.23 bits per heavy atom. The number of fused-ring (bicyclic) bond motifs is 2. The third kappa shape index (κ3) is 3.59. The molecule has 1 N–H and O–H groups in total. The zero-order valence-corrected chi connectivity index (χ0v) is 16.9. The number of rotatable bonds is 5. The lowest BCUT2D eigenvalue weighted by molar-refractivity contribution is -0.132. The van der Waals surface area contributed by atoms with Gasteiger partial charge in [-0.15, -0.1) is 0 Å². The van der Waals surface area contributed by atoms with Crippen molar-refractivity contribution in [3.63, 3.8) is 0 Å². The molecule has 0 spiro atoms. The quantitative estimate of drug-likeness (QED) is 0.608. The normalized spacial score (nSPS) is 13.0. The van der Waals surface area contributed by atoms with Gasteiger partial charge in [-0.25, -0.2) is 4.79 Å². The van der Waals surface area contributed by atoms with Crippen LogP contribution in [-0.4, -0.2) is 25.0 Å². The van der Waals surface area contributed by atoms with Gasteiger partial charge in [0.05, 0.1) is 18.1 Å². The first-order valence-corrected chi connectivity index (χ1v) is 9.37. The maximum atomic E-state index is 12.9. The molecule has 1 aromatic heterocycles. The molecule has 0 aliphatic carbocycles. The Balaban J connectivity index is 1.77. The average molecular weight is 429 g/mol. The number of hydrogen-bond donors (Lipinski definition) is 1. The van der Waals surface area contributed by atoms with Crippen LogP contribution in [0.1, 0.15) is 16.7 Å². The number of aliphatic carboxylic acids is 1. The predicted octanol–water partition coefficient (Wildman–Crippen LogP) is 4.20. The van der Waals surface area contributed by atoms with Gasteiger partial charge in [0.15, 0.2) is 16.9 Å². The van der Waals surface area contributed by atoms with E-state index in [2.05, 4.69) is 0 Å². The molecule has 1 aliphatic rings. The van der Waals surface area contributed by atoms with E-state index in [1.165, 1.54) is 25.5 Å². The van der Waals surface area contributed by atoms with Gasteiger partial charge in [-0.05, 0) is 36.8 Å². The van der Waals surface area contributed by atoms with Crippen molar-refractivity contribution in [2.45, 2.75) is 13.3 Å². The molecule has 154 valence electrons. The minimum atomic E-state index is -1.17. The van der Waals surface area contributed by atoms with Crippen molar-refractivity contribution in [2.24, 2.45) is 0 Å². The zero-order chi connectivity index (χ0) is 21.4. The van der Waals surface area contributed by atoms with E-state index >= 15 is 0 Å². The molecule has 7 nitrogen and oxygen atoms in total. The molecular weight excluding hydrogens is 412 g/mol. The predicted molar refractivity (Wildman–Crippen MR) is 111 cm³/mol. The van der Waals surface area contributed by atoms with Crippen LogP contribution in [-0.2, 0) is 11.2 Å². The van der Waals surface area contributed by atoms with E-state index in [1.54, 1.807) is 25.1 Å². The van der Waals surface area contributed by atoms with Crippen molar-refractivity contribution in [1.29, 1.82) is 0 Å². The number of carboxylic acids is 1. The molecule has 30 heavy (non-hydrogen) atoms. The second-order valence-electron chi connectivity index (χ2n) is 6.79. The molecule has 0 unspecified atom stereocenters. The molecule has 0 fully saturated rings. The van der Waals surface area contributed by atoms with Gasteiger partial charge in [-0.1, -0.05) is 11.6 Å². The number of hydrogen-bond acceptors (Lipinski definition) is 6. The second-order valence-corrected chi connectivity index (χ2v) is 7.19. The fraction of sp³-hybridized carbons (Fsp3) is 0.182. The Bertz CT molecular complexity index is 1260. The monoisotopic (exact) mass is 428 g/mol. The second kappa shape index (κ2) is 7.76. The summed E-state index contributed by atoms with van der Waals surface area (Å²) in [6, 6.07) is 6.51. The number of carboxylic acid groups (broad SMARTS) is 1. The van der Waals surface area contributed by atoms with E-state index in [1.807, 2.05) is 0 Å². The van der Waals surface area contributed by atoms with Crippen LogP contribution in [0.3, 0.4) is 0 Å². The van der Waals surface area contributed by atoms with E-state index in [4.69, 9.17) is 30.2 Å². The Labute approximate surface area is 176 Å². The number of ether oxygens (including phenoxy) is 3. The van der Waals surface area contributed by atoms with Gasteiger partial charge in [0.25, 0.3) is 0 Å². The minimum Gasteiger partial charge on any atom is -0.496 e. The summed E-state index contributed by atoms with van der Waals surface area (Å²) in [5.74, 6) is 0.319. The molecule has 0 atom stereocenters. The van der Waals surface area contributed by atoms with E-state index in [0.29, 0.717) is 33.4 Å². The average Bonchev–Trinajstić information content (AvgIpc) is 3.17. The number of aryl methyl sites for hydroxylation is 1. The van der Waals surface area contributed by atoms with Crippen LogP contribution in [0.25, 0.3) is 17.0 Å². The Morgan fingerprint density at radius 3 is 2.67 bits per heavy atom. The summed E-state index contributed by atoms with van der Waals surface area (Å²) in [7, 11) is 1.48.